The smallest absolute Gasteiger partial charge is 0.408 e. The number of oxazole rings is 1. The Labute approximate surface area is 110 Å². The molecule has 0 saturated carbocycles. The first-order chi connectivity index (χ1) is 8.56. The zero-order valence-electron chi connectivity index (χ0n) is 9.40. The Hall–Kier alpha value is -2.02. The summed E-state index contributed by atoms with van der Waals surface area (Å²) in [6, 6.07) is 5.43. The summed E-state index contributed by atoms with van der Waals surface area (Å²) < 4.78 is 7.44. The second kappa shape index (κ2) is 3.74. The number of fused-ring (bicyclic) bond motifs is 1. The number of nitrogens with one attached hydrogen (secondary N) is 1. The zero-order valence-corrected chi connectivity index (χ0v) is 11.0. The van der Waals surface area contributed by atoms with Crippen LogP contribution in [0.15, 0.2) is 32.0 Å². The van der Waals surface area contributed by atoms with Gasteiger partial charge in [-0.2, -0.15) is 0 Å². The Balaban J connectivity index is 2.28. The molecule has 3 N–H and O–H groups in total. The summed E-state index contributed by atoms with van der Waals surface area (Å²) in [6.45, 7) is 0. The number of hydrogen-bond acceptors (Lipinski definition) is 4. The van der Waals surface area contributed by atoms with E-state index in [0.29, 0.717) is 21.7 Å². The van der Waals surface area contributed by atoms with Crippen molar-refractivity contribution >= 4 is 33.0 Å². The van der Waals surface area contributed by atoms with Gasteiger partial charge in [-0.25, -0.2) is 9.78 Å². The monoisotopic (exact) mass is 308 g/mol. The molecule has 3 aromatic rings. The van der Waals surface area contributed by atoms with E-state index < -0.39 is 5.76 Å². The Kier molecular flexibility index (Phi) is 2.30. The second-order valence-electron chi connectivity index (χ2n) is 3.89. The first-order valence-corrected chi connectivity index (χ1v) is 5.96. The lowest BCUT2D eigenvalue weighted by molar-refractivity contribution is 0.555. The van der Waals surface area contributed by atoms with Gasteiger partial charge in [-0.3, -0.25) is 4.98 Å². The van der Waals surface area contributed by atoms with Gasteiger partial charge in [0, 0.05) is 12.6 Å². The van der Waals surface area contributed by atoms with Crippen LogP contribution in [0.1, 0.15) is 0 Å². The fraction of sp³-hybridized carbons (Fsp3) is 0.0909. The van der Waals surface area contributed by atoms with Crippen molar-refractivity contribution in [3.05, 3.63) is 33.4 Å². The van der Waals surface area contributed by atoms with Gasteiger partial charge >= 0.3 is 5.76 Å². The highest BCUT2D eigenvalue weighted by molar-refractivity contribution is 9.10. The fourth-order valence-electron chi connectivity index (χ4n) is 1.89. The molecule has 0 radical (unpaired) electrons. The summed E-state index contributed by atoms with van der Waals surface area (Å²) in [6.07, 6.45) is 0. The molecule has 0 aliphatic carbocycles. The van der Waals surface area contributed by atoms with Crippen LogP contribution < -0.4 is 11.5 Å². The molecule has 2 aromatic heterocycles. The minimum absolute atomic E-state index is 0.410. The average Bonchev–Trinajstić information content (AvgIpc) is 2.78. The topological polar surface area (TPSA) is 89.8 Å². The Morgan fingerprint density at radius 2 is 2.28 bits per heavy atom. The van der Waals surface area contributed by atoms with Crippen LogP contribution >= 0.6 is 15.9 Å². The normalized spacial score (nSPS) is 11.2. The SMILES string of the molecule is Cn1c(N)nc(Br)c1-c1ccc2[nH]c(=O)oc2c1. The maximum Gasteiger partial charge on any atom is 0.417 e. The van der Waals surface area contributed by atoms with Crippen LogP contribution in [-0.2, 0) is 7.05 Å². The van der Waals surface area contributed by atoms with E-state index in [1.807, 2.05) is 13.1 Å². The molecule has 0 aliphatic rings. The van der Waals surface area contributed by atoms with Gasteiger partial charge in [0.1, 0.15) is 4.60 Å². The van der Waals surface area contributed by atoms with E-state index in [-0.39, 0.29) is 0 Å². The number of nitrogens with zero attached hydrogens (tertiary/aromatic N) is 2. The summed E-state index contributed by atoms with van der Waals surface area (Å²) in [7, 11) is 1.82. The van der Waals surface area contributed by atoms with Gasteiger partial charge in [0.25, 0.3) is 0 Å². The molecule has 0 saturated heterocycles. The molecule has 0 aliphatic heterocycles. The molecular weight excluding hydrogens is 300 g/mol. The molecule has 6 nitrogen and oxygen atoms in total. The van der Waals surface area contributed by atoms with Crippen LogP contribution in [-0.4, -0.2) is 14.5 Å². The molecule has 0 unspecified atom stereocenters. The molecule has 3 rings (SSSR count). The minimum atomic E-state index is -0.467. The third kappa shape index (κ3) is 1.55. The van der Waals surface area contributed by atoms with E-state index in [2.05, 4.69) is 25.9 Å². The maximum absolute atomic E-state index is 11.1. The van der Waals surface area contributed by atoms with Crippen LogP contribution in [0.4, 0.5) is 5.95 Å². The molecule has 0 spiro atoms. The van der Waals surface area contributed by atoms with Crippen molar-refractivity contribution in [1.82, 2.24) is 14.5 Å². The Morgan fingerprint density at radius 1 is 1.50 bits per heavy atom. The average molecular weight is 309 g/mol. The lowest BCUT2D eigenvalue weighted by Gasteiger charge is -2.03. The van der Waals surface area contributed by atoms with Gasteiger partial charge in [0.15, 0.2) is 5.58 Å². The first kappa shape index (κ1) is 11.1. The molecular formula is C11H9BrN4O2. The Bertz CT molecular complexity index is 799. The van der Waals surface area contributed by atoms with Crippen LogP contribution in [0.2, 0.25) is 0 Å². The van der Waals surface area contributed by atoms with Crippen molar-refractivity contribution in [2.24, 2.45) is 7.05 Å². The maximum atomic E-state index is 11.1. The summed E-state index contributed by atoms with van der Waals surface area (Å²) in [5.74, 6) is -0.0572. The standard InChI is InChI=1S/C11H9BrN4O2/c1-16-8(9(12)15-10(16)13)5-2-3-6-7(4-5)18-11(17)14-6/h2-4H,1H3,(H2,13,15)(H,14,17). The molecule has 2 heterocycles. The third-order valence-electron chi connectivity index (χ3n) is 2.78. The summed E-state index contributed by atoms with van der Waals surface area (Å²) in [5, 5.41) is 0. The number of rotatable bonds is 1. The molecule has 0 bridgehead atoms. The summed E-state index contributed by atoms with van der Waals surface area (Å²) in [5.41, 5.74) is 8.60. The minimum Gasteiger partial charge on any atom is -0.408 e. The van der Waals surface area contributed by atoms with Crippen LogP contribution in [0.3, 0.4) is 0 Å². The van der Waals surface area contributed by atoms with Crippen LogP contribution in [0.5, 0.6) is 0 Å². The van der Waals surface area contributed by atoms with Gasteiger partial charge in [-0.05, 0) is 28.1 Å². The molecule has 1 aromatic carbocycles. The van der Waals surface area contributed by atoms with E-state index in [1.54, 1.807) is 16.7 Å². The number of benzene rings is 1. The number of nitrogen functional groups attached to an aromatic ring is 1. The van der Waals surface area contributed by atoms with Crippen molar-refractivity contribution in [3.8, 4) is 11.3 Å². The number of halogens is 1. The highest BCUT2D eigenvalue weighted by atomic mass is 79.9. The van der Waals surface area contributed by atoms with Gasteiger partial charge in [-0.1, -0.05) is 6.07 Å². The number of aromatic amines is 1. The predicted octanol–water partition coefficient (Wildman–Crippen LogP) is 1.87. The van der Waals surface area contributed by atoms with Crippen LogP contribution in [0, 0.1) is 0 Å². The van der Waals surface area contributed by atoms with E-state index >= 15 is 0 Å². The Morgan fingerprint density at radius 3 is 2.94 bits per heavy atom. The van der Waals surface area contributed by atoms with E-state index in [4.69, 9.17) is 10.2 Å². The number of imidazole rings is 1. The van der Waals surface area contributed by atoms with Crippen molar-refractivity contribution in [3.63, 3.8) is 0 Å². The van der Waals surface area contributed by atoms with Crippen molar-refractivity contribution in [2.75, 3.05) is 5.73 Å². The van der Waals surface area contributed by atoms with Gasteiger partial charge in [-0.15, -0.1) is 0 Å². The van der Waals surface area contributed by atoms with Crippen molar-refractivity contribution in [2.45, 2.75) is 0 Å². The number of aromatic nitrogens is 3. The summed E-state index contributed by atoms with van der Waals surface area (Å²) >= 11 is 3.36. The molecule has 0 atom stereocenters. The molecule has 18 heavy (non-hydrogen) atoms. The van der Waals surface area contributed by atoms with Crippen molar-refractivity contribution in [1.29, 1.82) is 0 Å². The predicted molar refractivity (Wildman–Crippen MR) is 71.1 cm³/mol. The van der Waals surface area contributed by atoms with E-state index in [0.717, 1.165) is 11.3 Å². The highest BCUT2D eigenvalue weighted by Gasteiger charge is 2.14. The number of anilines is 1. The highest BCUT2D eigenvalue weighted by Crippen LogP contribution is 2.30. The van der Waals surface area contributed by atoms with E-state index in [1.165, 1.54) is 0 Å². The van der Waals surface area contributed by atoms with Crippen molar-refractivity contribution < 1.29 is 4.42 Å². The summed E-state index contributed by atoms with van der Waals surface area (Å²) in [4.78, 5) is 17.8. The quantitative estimate of drug-likeness (QED) is 0.718. The first-order valence-electron chi connectivity index (χ1n) is 5.17. The van der Waals surface area contributed by atoms with Gasteiger partial charge in [0.05, 0.1) is 11.2 Å². The zero-order chi connectivity index (χ0) is 12.9. The fourth-order valence-corrected chi connectivity index (χ4v) is 2.56. The number of H-pyrrole nitrogens is 1. The van der Waals surface area contributed by atoms with Gasteiger partial charge < -0.3 is 14.7 Å². The molecule has 0 fully saturated rings. The van der Waals surface area contributed by atoms with Crippen LogP contribution in [0.25, 0.3) is 22.4 Å². The largest absolute Gasteiger partial charge is 0.417 e. The molecule has 92 valence electrons. The lowest BCUT2D eigenvalue weighted by atomic mass is 10.1. The molecule has 0 amide bonds. The molecule has 7 heteroatoms. The van der Waals surface area contributed by atoms with Gasteiger partial charge in [0.2, 0.25) is 5.95 Å². The number of hydrogen-bond donors (Lipinski definition) is 2. The second-order valence-corrected chi connectivity index (χ2v) is 4.65. The van der Waals surface area contributed by atoms with E-state index in [9.17, 15) is 4.79 Å². The number of nitrogens with two attached hydrogens (primary N) is 1. The third-order valence-corrected chi connectivity index (χ3v) is 3.33. The lowest BCUT2D eigenvalue weighted by Crippen LogP contribution is -1.98.